The van der Waals surface area contributed by atoms with Crippen LogP contribution >= 0.6 is 11.3 Å². The van der Waals surface area contributed by atoms with E-state index in [2.05, 4.69) is 70.9 Å². The molecule has 4 aromatic rings. The SMILES string of the molecule is Cc1ccc(-c2csc3ncnc(Nc4ccccc4C)c23)cc1. The Balaban J connectivity index is 1.86. The summed E-state index contributed by atoms with van der Waals surface area (Å²) in [6.45, 7) is 4.19. The van der Waals surface area contributed by atoms with Crippen LogP contribution in [0.1, 0.15) is 11.1 Å². The van der Waals surface area contributed by atoms with Gasteiger partial charge in [-0.2, -0.15) is 0 Å². The van der Waals surface area contributed by atoms with E-state index in [0.717, 1.165) is 21.7 Å². The molecular formula is C20H17N3S. The average Bonchev–Trinajstić information content (AvgIpc) is 3.03. The largest absolute Gasteiger partial charge is 0.339 e. The molecule has 2 aromatic carbocycles. The molecule has 0 unspecified atom stereocenters. The fourth-order valence-electron chi connectivity index (χ4n) is 2.76. The zero-order chi connectivity index (χ0) is 16.5. The Hall–Kier alpha value is -2.72. The van der Waals surface area contributed by atoms with Crippen molar-refractivity contribution in [1.82, 2.24) is 9.97 Å². The summed E-state index contributed by atoms with van der Waals surface area (Å²) in [4.78, 5) is 9.94. The fourth-order valence-corrected chi connectivity index (χ4v) is 3.67. The van der Waals surface area contributed by atoms with Crippen LogP contribution in [0.5, 0.6) is 0 Å². The number of rotatable bonds is 3. The van der Waals surface area contributed by atoms with E-state index in [0.29, 0.717) is 0 Å². The second-order valence-electron chi connectivity index (χ2n) is 5.86. The number of hydrogen-bond acceptors (Lipinski definition) is 4. The van der Waals surface area contributed by atoms with Gasteiger partial charge in [-0.1, -0.05) is 48.0 Å². The minimum Gasteiger partial charge on any atom is -0.339 e. The van der Waals surface area contributed by atoms with Crippen molar-refractivity contribution < 1.29 is 0 Å². The number of thiophene rings is 1. The van der Waals surface area contributed by atoms with Gasteiger partial charge in [0.15, 0.2) is 0 Å². The predicted molar refractivity (Wildman–Crippen MR) is 102 cm³/mol. The zero-order valence-corrected chi connectivity index (χ0v) is 14.4. The first-order valence-corrected chi connectivity index (χ1v) is 8.72. The summed E-state index contributed by atoms with van der Waals surface area (Å²) in [6, 6.07) is 16.8. The molecule has 0 aliphatic rings. The average molecular weight is 331 g/mol. The standard InChI is InChI=1S/C20H17N3S/c1-13-7-9-15(10-8-13)16-11-24-20-18(16)19(21-12-22-20)23-17-6-4-3-5-14(17)2/h3-12H,1-2H3,(H,21,22,23). The molecule has 0 radical (unpaired) electrons. The molecule has 4 rings (SSSR count). The quantitative estimate of drug-likeness (QED) is 0.522. The van der Waals surface area contributed by atoms with Crippen molar-refractivity contribution in [3.8, 4) is 11.1 Å². The van der Waals surface area contributed by atoms with Crippen LogP contribution in [-0.2, 0) is 0 Å². The first-order valence-electron chi connectivity index (χ1n) is 7.84. The molecule has 4 heteroatoms. The van der Waals surface area contributed by atoms with E-state index in [-0.39, 0.29) is 0 Å². The van der Waals surface area contributed by atoms with Gasteiger partial charge in [-0.3, -0.25) is 0 Å². The first-order chi connectivity index (χ1) is 11.7. The lowest BCUT2D eigenvalue weighted by atomic mass is 10.0. The van der Waals surface area contributed by atoms with Crippen LogP contribution in [-0.4, -0.2) is 9.97 Å². The zero-order valence-electron chi connectivity index (χ0n) is 13.6. The van der Waals surface area contributed by atoms with Gasteiger partial charge in [-0.25, -0.2) is 9.97 Å². The Labute approximate surface area is 145 Å². The van der Waals surface area contributed by atoms with E-state index in [4.69, 9.17) is 0 Å². The van der Waals surface area contributed by atoms with E-state index >= 15 is 0 Å². The Morgan fingerprint density at radius 2 is 1.71 bits per heavy atom. The number of hydrogen-bond donors (Lipinski definition) is 1. The van der Waals surface area contributed by atoms with Crippen molar-refractivity contribution in [3.05, 3.63) is 71.4 Å². The molecule has 0 aliphatic heterocycles. The Kier molecular flexibility index (Phi) is 3.75. The molecule has 0 bridgehead atoms. The molecule has 2 heterocycles. The van der Waals surface area contributed by atoms with Gasteiger partial charge in [-0.05, 0) is 31.0 Å². The number of fused-ring (bicyclic) bond motifs is 1. The van der Waals surface area contributed by atoms with E-state index < -0.39 is 0 Å². The van der Waals surface area contributed by atoms with Crippen molar-refractivity contribution in [1.29, 1.82) is 0 Å². The number of nitrogens with one attached hydrogen (secondary N) is 1. The molecule has 2 aromatic heterocycles. The van der Waals surface area contributed by atoms with Crippen LogP contribution in [0.25, 0.3) is 21.3 Å². The Bertz CT molecular complexity index is 1000. The maximum absolute atomic E-state index is 4.50. The molecule has 0 atom stereocenters. The third kappa shape index (κ3) is 2.65. The van der Waals surface area contributed by atoms with Crippen LogP contribution < -0.4 is 5.32 Å². The third-order valence-electron chi connectivity index (χ3n) is 4.13. The molecule has 3 nitrogen and oxygen atoms in total. The van der Waals surface area contributed by atoms with Crippen LogP contribution in [0.3, 0.4) is 0 Å². The molecule has 1 N–H and O–H groups in total. The Morgan fingerprint density at radius 1 is 0.917 bits per heavy atom. The lowest BCUT2D eigenvalue weighted by molar-refractivity contribution is 1.23. The molecule has 24 heavy (non-hydrogen) atoms. The summed E-state index contributed by atoms with van der Waals surface area (Å²) in [7, 11) is 0. The molecule has 0 spiro atoms. The third-order valence-corrected chi connectivity index (χ3v) is 5.02. The number of aryl methyl sites for hydroxylation is 2. The van der Waals surface area contributed by atoms with Gasteiger partial charge in [0.2, 0.25) is 0 Å². The molecule has 0 saturated carbocycles. The first kappa shape index (κ1) is 14.8. The van der Waals surface area contributed by atoms with Crippen LogP contribution in [0.4, 0.5) is 11.5 Å². The van der Waals surface area contributed by atoms with Gasteiger partial charge in [0.05, 0.1) is 5.39 Å². The monoisotopic (exact) mass is 331 g/mol. The predicted octanol–water partition coefficient (Wildman–Crippen LogP) is 5.72. The minimum atomic E-state index is 0.853. The highest BCUT2D eigenvalue weighted by Crippen LogP contribution is 2.37. The van der Waals surface area contributed by atoms with Gasteiger partial charge in [0.1, 0.15) is 17.0 Å². The van der Waals surface area contributed by atoms with Gasteiger partial charge in [0, 0.05) is 16.6 Å². The number of benzene rings is 2. The second-order valence-corrected chi connectivity index (χ2v) is 6.72. The van der Waals surface area contributed by atoms with Crippen molar-refractivity contribution >= 4 is 33.1 Å². The summed E-state index contributed by atoms with van der Waals surface area (Å²) in [5.41, 5.74) is 5.88. The molecular weight excluding hydrogens is 314 g/mol. The van der Waals surface area contributed by atoms with Gasteiger partial charge in [-0.15, -0.1) is 11.3 Å². The van der Waals surface area contributed by atoms with Crippen molar-refractivity contribution in [2.24, 2.45) is 0 Å². The molecule has 0 saturated heterocycles. The van der Waals surface area contributed by atoms with Gasteiger partial charge < -0.3 is 5.32 Å². The highest BCUT2D eigenvalue weighted by molar-refractivity contribution is 7.17. The summed E-state index contributed by atoms with van der Waals surface area (Å²) in [5.74, 6) is 0.853. The van der Waals surface area contributed by atoms with E-state index in [1.54, 1.807) is 17.7 Å². The summed E-state index contributed by atoms with van der Waals surface area (Å²) in [6.07, 6.45) is 1.62. The summed E-state index contributed by atoms with van der Waals surface area (Å²) < 4.78 is 0. The summed E-state index contributed by atoms with van der Waals surface area (Å²) >= 11 is 1.65. The normalized spacial score (nSPS) is 10.9. The lowest BCUT2D eigenvalue weighted by Crippen LogP contribution is -1.97. The van der Waals surface area contributed by atoms with Crippen LogP contribution in [0, 0.1) is 13.8 Å². The van der Waals surface area contributed by atoms with E-state index in [1.165, 1.54) is 22.3 Å². The lowest BCUT2D eigenvalue weighted by Gasteiger charge is -2.10. The highest BCUT2D eigenvalue weighted by Gasteiger charge is 2.13. The number of anilines is 2. The van der Waals surface area contributed by atoms with Crippen molar-refractivity contribution in [2.75, 3.05) is 5.32 Å². The van der Waals surface area contributed by atoms with Crippen LogP contribution in [0.2, 0.25) is 0 Å². The van der Waals surface area contributed by atoms with Gasteiger partial charge in [0.25, 0.3) is 0 Å². The maximum Gasteiger partial charge on any atom is 0.143 e. The molecule has 0 fully saturated rings. The van der Waals surface area contributed by atoms with E-state index in [9.17, 15) is 0 Å². The highest BCUT2D eigenvalue weighted by atomic mass is 32.1. The van der Waals surface area contributed by atoms with Crippen molar-refractivity contribution in [3.63, 3.8) is 0 Å². The Morgan fingerprint density at radius 3 is 2.50 bits per heavy atom. The molecule has 0 amide bonds. The minimum absolute atomic E-state index is 0.853. The van der Waals surface area contributed by atoms with Gasteiger partial charge >= 0.3 is 0 Å². The number of para-hydroxylation sites is 1. The molecule has 0 aliphatic carbocycles. The topological polar surface area (TPSA) is 37.8 Å². The number of aromatic nitrogens is 2. The maximum atomic E-state index is 4.50. The van der Waals surface area contributed by atoms with Crippen LogP contribution in [0.15, 0.2) is 60.2 Å². The number of nitrogens with zero attached hydrogens (tertiary/aromatic N) is 2. The second kappa shape index (κ2) is 6.06. The molecule has 118 valence electrons. The smallest absolute Gasteiger partial charge is 0.143 e. The van der Waals surface area contributed by atoms with Crippen molar-refractivity contribution in [2.45, 2.75) is 13.8 Å². The fraction of sp³-hybridized carbons (Fsp3) is 0.100. The summed E-state index contributed by atoms with van der Waals surface area (Å²) in [5, 5.41) is 6.72. The van der Waals surface area contributed by atoms with E-state index in [1.807, 2.05) is 12.1 Å².